The molecule has 8 nitrogen and oxygen atoms in total. The first kappa shape index (κ1) is 23.5. The van der Waals surface area contributed by atoms with E-state index in [0.717, 1.165) is 8.47 Å². The van der Waals surface area contributed by atoms with Gasteiger partial charge in [0.1, 0.15) is 18.1 Å². The number of urea groups is 1. The Labute approximate surface area is 197 Å². The number of ether oxygens (including phenoxy) is 2. The van der Waals surface area contributed by atoms with Crippen LogP contribution >= 0.6 is 22.6 Å². The SMILES string of the molecule is COc1cc(/C=C2/NC(=O)N(CC(=O)Nc3ccccc3F)C2=O)cc(I)c1OC(C)C. The van der Waals surface area contributed by atoms with Crippen molar-refractivity contribution in [2.45, 2.75) is 20.0 Å². The van der Waals surface area contributed by atoms with E-state index in [-0.39, 0.29) is 17.5 Å². The first-order chi connectivity index (χ1) is 15.2. The Morgan fingerprint density at radius 1 is 1.28 bits per heavy atom. The lowest BCUT2D eigenvalue weighted by atomic mass is 10.1. The third-order valence-corrected chi connectivity index (χ3v) is 5.13. The summed E-state index contributed by atoms with van der Waals surface area (Å²) in [5, 5.41) is 4.80. The van der Waals surface area contributed by atoms with Crippen LogP contribution in [0, 0.1) is 9.39 Å². The minimum Gasteiger partial charge on any atom is -0.493 e. The van der Waals surface area contributed by atoms with Crippen LogP contribution in [0.1, 0.15) is 19.4 Å². The first-order valence-electron chi connectivity index (χ1n) is 9.62. The predicted molar refractivity (Wildman–Crippen MR) is 125 cm³/mol. The van der Waals surface area contributed by atoms with Gasteiger partial charge in [-0.15, -0.1) is 0 Å². The highest BCUT2D eigenvalue weighted by Gasteiger charge is 2.35. The summed E-state index contributed by atoms with van der Waals surface area (Å²) < 4.78 is 25.6. The number of benzene rings is 2. The lowest BCUT2D eigenvalue weighted by Gasteiger charge is -2.16. The summed E-state index contributed by atoms with van der Waals surface area (Å²) >= 11 is 2.10. The molecule has 0 spiro atoms. The number of anilines is 1. The molecule has 10 heteroatoms. The van der Waals surface area contributed by atoms with Gasteiger partial charge in [-0.05, 0) is 72.3 Å². The van der Waals surface area contributed by atoms with Gasteiger partial charge >= 0.3 is 6.03 Å². The number of rotatable bonds is 7. The Kier molecular flexibility index (Phi) is 7.33. The van der Waals surface area contributed by atoms with Gasteiger partial charge in [-0.1, -0.05) is 12.1 Å². The number of methoxy groups -OCH3 is 1. The fourth-order valence-corrected chi connectivity index (χ4v) is 3.70. The predicted octanol–water partition coefficient (Wildman–Crippen LogP) is 3.76. The molecule has 3 rings (SSSR count). The minimum atomic E-state index is -0.744. The average Bonchev–Trinajstić information content (AvgIpc) is 2.98. The van der Waals surface area contributed by atoms with Crippen molar-refractivity contribution in [3.05, 3.63) is 57.0 Å². The highest BCUT2D eigenvalue weighted by Crippen LogP contribution is 2.35. The molecule has 0 unspecified atom stereocenters. The monoisotopic (exact) mass is 553 g/mol. The maximum atomic E-state index is 13.7. The lowest BCUT2D eigenvalue weighted by molar-refractivity contribution is -0.127. The fourth-order valence-electron chi connectivity index (χ4n) is 2.95. The van der Waals surface area contributed by atoms with Crippen molar-refractivity contribution < 1.29 is 28.2 Å². The quantitative estimate of drug-likeness (QED) is 0.310. The fraction of sp³-hybridized carbons (Fsp3) is 0.227. The van der Waals surface area contributed by atoms with Crippen LogP contribution < -0.4 is 20.1 Å². The molecule has 0 atom stereocenters. The maximum absolute atomic E-state index is 13.7. The number of imide groups is 1. The van der Waals surface area contributed by atoms with E-state index in [9.17, 15) is 18.8 Å². The molecule has 0 radical (unpaired) electrons. The van der Waals surface area contributed by atoms with E-state index < -0.39 is 30.2 Å². The van der Waals surface area contributed by atoms with Crippen LogP contribution in [0.25, 0.3) is 6.08 Å². The molecule has 2 aromatic carbocycles. The molecule has 32 heavy (non-hydrogen) atoms. The van der Waals surface area contributed by atoms with Gasteiger partial charge < -0.3 is 20.1 Å². The smallest absolute Gasteiger partial charge is 0.329 e. The van der Waals surface area contributed by atoms with Gasteiger partial charge in [0, 0.05) is 0 Å². The van der Waals surface area contributed by atoms with Crippen molar-refractivity contribution in [3.8, 4) is 11.5 Å². The number of hydrogen-bond acceptors (Lipinski definition) is 5. The summed E-state index contributed by atoms with van der Waals surface area (Å²) in [6, 6.07) is 8.33. The van der Waals surface area contributed by atoms with Gasteiger partial charge in [-0.3, -0.25) is 9.59 Å². The molecule has 168 valence electrons. The van der Waals surface area contributed by atoms with Gasteiger partial charge in [0.15, 0.2) is 11.5 Å². The van der Waals surface area contributed by atoms with Gasteiger partial charge in [-0.2, -0.15) is 0 Å². The molecular formula is C22H21FIN3O5. The number of para-hydroxylation sites is 1. The number of carbonyl (C=O) groups is 3. The molecule has 1 fully saturated rings. The topological polar surface area (TPSA) is 97.0 Å². The zero-order valence-electron chi connectivity index (χ0n) is 17.6. The zero-order valence-corrected chi connectivity index (χ0v) is 19.7. The highest BCUT2D eigenvalue weighted by atomic mass is 127. The highest BCUT2D eigenvalue weighted by molar-refractivity contribution is 14.1. The van der Waals surface area contributed by atoms with Crippen molar-refractivity contribution in [1.29, 1.82) is 0 Å². The van der Waals surface area contributed by atoms with E-state index in [4.69, 9.17) is 9.47 Å². The van der Waals surface area contributed by atoms with E-state index in [1.165, 1.54) is 31.4 Å². The second kappa shape index (κ2) is 9.98. The third kappa shape index (κ3) is 5.36. The van der Waals surface area contributed by atoms with E-state index in [1.807, 2.05) is 13.8 Å². The Morgan fingerprint density at radius 2 is 2.00 bits per heavy atom. The standard InChI is InChI=1S/C22H21FIN3O5/c1-12(2)32-20-15(24)8-13(10-18(20)31-3)9-17-21(29)27(22(30)26-17)11-19(28)25-16-7-5-4-6-14(16)23/h4-10,12H,11H2,1-3H3,(H,25,28)(H,26,30)/b17-9+. The van der Waals surface area contributed by atoms with Crippen LogP contribution in [-0.4, -0.2) is 42.5 Å². The second-order valence-corrected chi connectivity index (χ2v) is 8.27. The van der Waals surface area contributed by atoms with Crippen molar-refractivity contribution in [2.75, 3.05) is 19.0 Å². The first-order valence-corrected chi connectivity index (χ1v) is 10.7. The number of nitrogens with zero attached hydrogens (tertiary/aromatic N) is 1. The molecule has 1 saturated heterocycles. The van der Waals surface area contributed by atoms with Gasteiger partial charge in [0.25, 0.3) is 5.91 Å². The molecule has 1 heterocycles. The molecule has 0 aliphatic carbocycles. The number of carbonyl (C=O) groups excluding carboxylic acids is 3. The normalized spacial score (nSPS) is 14.7. The molecule has 2 N–H and O–H groups in total. The summed E-state index contributed by atoms with van der Waals surface area (Å²) in [5.41, 5.74) is 0.568. The van der Waals surface area contributed by atoms with Crippen molar-refractivity contribution >= 4 is 52.2 Å². The van der Waals surface area contributed by atoms with E-state index >= 15 is 0 Å². The summed E-state index contributed by atoms with van der Waals surface area (Å²) in [5.74, 6) is -0.928. The van der Waals surface area contributed by atoms with Crippen molar-refractivity contribution in [1.82, 2.24) is 10.2 Å². The molecule has 0 saturated carbocycles. The van der Waals surface area contributed by atoms with Gasteiger partial charge in [0.05, 0.1) is 22.5 Å². The largest absolute Gasteiger partial charge is 0.493 e. The lowest BCUT2D eigenvalue weighted by Crippen LogP contribution is -2.38. The van der Waals surface area contributed by atoms with E-state index in [1.54, 1.807) is 18.2 Å². The molecule has 1 aliphatic heterocycles. The van der Waals surface area contributed by atoms with Crippen LogP contribution in [-0.2, 0) is 9.59 Å². The van der Waals surface area contributed by atoms with Gasteiger partial charge in [0.2, 0.25) is 5.91 Å². The number of halogens is 2. The number of amides is 4. The minimum absolute atomic E-state index is 0.00377. The van der Waals surface area contributed by atoms with Crippen molar-refractivity contribution in [3.63, 3.8) is 0 Å². The van der Waals surface area contributed by atoms with Crippen LogP contribution in [0.4, 0.5) is 14.9 Å². The Hall–Kier alpha value is -3.15. The number of hydrogen-bond donors (Lipinski definition) is 2. The third-order valence-electron chi connectivity index (χ3n) is 4.33. The van der Waals surface area contributed by atoms with E-state index in [0.29, 0.717) is 17.1 Å². The Bertz CT molecular complexity index is 1100. The van der Waals surface area contributed by atoms with Crippen LogP contribution in [0.3, 0.4) is 0 Å². The molecule has 0 aromatic heterocycles. The zero-order chi connectivity index (χ0) is 23.4. The molecular weight excluding hydrogens is 532 g/mol. The van der Waals surface area contributed by atoms with Crippen LogP contribution in [0.2, 0.25) is 0 Å². The van der Waals surface area contributed by atoms with E-state index in [2.05, 4.69) is 33.2 Å². The summed E-state index contributed by atoms with van der Waals surface area (Å²) in [7, 11) is 1.51. The maximum Gasteiger partial charge on any atom is 0.329 e. The number of nitrogens with one attached hydrogen (secondary N) is 2. The molecule has 1 aliphatic rings. The Morgan fingerprint density at radius 3 is 2.66 bits per heavy atom. The molecule has 0 bridgehead atoms. The summed E-state index contributed by atoms with van der Waals surface area (Å²) in [6.07, 6.45) is 1.43. The Balaban J connectivity index is 1.77. The summed E-state index contributed by atoms with van der Waals surface area (Å²) in [4.78, 5) is 37.9. The van der Waals surface area contributed by atoms with Crippen molar-refractivity contribution in [2.24, 2.45) is 0 Å². The van der Waals surface area contributed by atoms with Crippen LogP contribution in [0.15, 0.2) is 42.1 Å². The summed E-state index contributed by atoms with van der Waals surface area (Å²) in [6.45, 7) is 3.24. The van der Waals surface area contributed by atoms with Crippen LogP contribution in [0.5, 0.6) is 11.5 Å². The molecule has 2 aromatic rings. The average molecular weight is 553 g/mol. The second-order valence-electron chi connectivity index (χ2n) is 7.11. The van der Waals surface area contributed by atoms with Gasteiger partial charge in [-0.25, -0.2) is 14.1 Å². The molecule has 4 amide bonds.